The third-order valence-electron chi connectivity index (χ3n) is 2.77. The highest BCUT2D eigenvalue weighted by molar-refractivity contribution is 5.71. The second-order valence-corrected chi connectivity index (χ2v) is 3.82. The average Bonchev–Trinajstić information content (AvgIpc) is 2.94. The molecule has 18 heavy (non-hydrogen) atoms. The predicted octanol–water partition coefficient (Wildman–Crippen LogP) is 1.10. The van der Waals surface area contributed by atoms with E-state index in [4.69, 9.17) is 14.2 Å². The zero-order chi connectivity index (χ0) is 12.7. The van der Waals surface area contributed by atoms with E-state index in [-0.39, 0.29) is 19.1 Å². The maximum atomic E-state index is 11.0. The molecule has 0 bridgehead atoms. The van der Waals surface area contributed by atoms with E-state index in [2.05, 4.69) is 5.32 Å². The van der Waals surface area contributed by atoms with E-state index in [9.17, 15) is 14.9 Å². The number of carbonyl (C=O) groups is 1. The van der Waals surface area contributed by atoms with E-state index < -0.39 is 17.1 Å². The van der Waals surface area contributed by atoms with Crippen molar-refractivity contribution in [2.45, 2.75) is 6.04 Å². The number of cyclic esters (lactones) is 1. The lowest BCUT2D eigenvalue weighted by Crippen LogP contribution is -2.19. The molecule has 1 fully saturated rings. The fourth-order valence-corrected chi connectivity index (χ4v) is 1.94. The highest BCUT2D eigenvalue weighted by Gasteiger charge is 2.32. The lowest BCUT2D eigenvalue weighted by atomic mass is 10.0. The fourth-order valence-electron chi connectivity index (χ4n) is 1.94. The third-order valence-corrected chi connectivity index (χ3v) is 2.77. The van der Waals surface area contributed by atoms with Crippen molar-refractivity contribution in [1.29, 1.82) is 0 Å². The van der Waals surface area contributed by atoms with E-state index in [0.717, 1.165) is 0 Å². The molecule has 1 aromatic rings. The molecule has 1 atom stereocenters. The van der Waals surface area contributed by atoms with Gasteiger partial charge in [-0.05, 0) is 6.07 Å². The number of rotatable bonds is 2. The van der Waals surface area contributed by atoms with Crippen molar-refractivity contribution in [3.63, 3.8) is 0 Å². The van der Waals surface area contributed by atoms with Crippen LogP contribution >= 0.6 is 0 Å². The number of carbonyl (C=O) groups excluding carboxylic acids is 1. The largest absolute Gasteiger partial charge is 0.454 e. The van der Waals surface area contributed by atoms with Crippen LogP contribution in [-0.2, 0) is 4.74 Å². The van der Waals surface area contributed by atoms with Gasteiger partial charge in [-0.1, -0.05) is 0 Å². The monoisotopic (exact) mass is 252 g/mol. The van der Waals surface area contributed by atoms with Gasteiger partial charge in [0, 0.05) is 0 Å². The van der Waals surface area contributed by atoms with Crippen LogP contribution < -0.4 is 14.8 Å². The van der Waals surface area contributed by atoms with Crippen LogP contribution in [0.25, 0.3) is 0 Å². The van der Waals surface area contributed by atoms with Crippen LogP contribution in [0.2, 0.25) is 0 Å². The Morgan fingerprint density at radius 1 is 1.28 bits per heavy atom. The zero-order valence-corrected chi connectivity index (χ0v) is 9.04. The summed E-state index contributed by atoms with van der Waals surface area (Å²) in [6, 6.07) is 2.25. The molecule has 8 heteroatoms. The summed E-state index contributed by atoms with van der Waals surface area (Å²) in [5, 5.41) is 13.5. The van der Waals surface area contributed by atoms with E-state index in [1.807, 2.05) is 0 Å². The lowest BCUT2D eigenvalue weighted by molar-refractivity contribution is -0.385. The number of nitro benzene ring substituents is 1. The van der Waals surface area contributed by atoms with Crippen molar-refractivity contribution < 1.29 is 23.9 Å². The number of alkyl carbamates (subject to hydrolysis) is 1. The number of ether oxygens (including phenoxy) is 3. The molecule has 1 N–H and O–H groups in total. The molecule has 0 radical (unpaired) electrons. The van der Waals surface area contributed by atoms with Gasteiger partial charge in [0.05, 0.1) is 22.6 Å². The summed E-state index contributed by atoms with van der Waals surface area (Å²) in [4.78, 5) is 21.5. The molecule has 2 aliphatic heterocycles. The number of amides is 1. The maximum Gasteiger partial charge on any atom is 0.407 e. The van der Waals surface area contributed by atoms with Crippen LogP contribution in [0.1, 0.15) is 11.6 Å². The average molecular weight is 252 g/mol. The molecule has 0 unspecified atom stereocenters. The Balaban J connectivity index is 2.06. The molecule has 3 rings (SSSR count). The van der Waals surface area contributed by atoms with E-state index in [1.54, 1.807) is 0 Å². The van der Waals surface area contributed by atoms with Crippen LogP contribution in [0.3, 0.4) is 0 Å². The second kappa shape index (κ2) is 3.76. The molecule has 8 nitrogen and oxygen atoms in total. The van der Waals surface area contributed by atoms with Crippen molar-refractivity contribution in [3.05, 3.63) is 27.8 Å². The maximum absolute atomic E-state index is 11.0. The number of nitrogens with zero attached hydrogens (tertiary/aromatic N) is 1. The Labute approximate surface area is 101 Å². The van der Waals surface area contributed by atoms with Gasteiger partial charge in [0.2, 0.25) is 6.79 Å². The molecule has 0 spiro atoms. The Morgan fingerprint density at radius 2 is 2.00 bits per heavy atom. The molecule has 1 aromatic carbocycles. The van der Waals surface area contributed by atoms with E-state index in [0.29, 0.717) is 17.1 Å². The van der Waals surface area contributed by atoms with Crippen molar-refractivity contribution in [2.75, 3.05) is 13.4 Å². The number of nitrogens with one attached hydrogen (secondary N) is 1. The Bertz CT molecular complexity index is 543. The highest BCUT2D eigenvalue weighted by Crippen LogP contribution is 2.40. The number of benzene rings is 1. The van der Waals surface area contributed by atoms with Gasteiger partial charge in [-0.25, -0.2) is 4.79 Å². The van der Waals surface area contributed by atoms with Crippen LogP contribution in [0.15, 0.2) is 12.1 Å². The summed E-state index contributed by atoms with van der Waals surface area (Å²) in [6.07, 6.45) is -0.591. The van der Waals surface area contributed by atoms with Crippen molar-refractivity contribution in [1.82, 2.24) is 5.32 Å². The molecule has 0 aromatic heterocycles. The Hall–Kier alpha value is -2.51. The number of fused-ring (bicyclic) bond motifs is 1. The van der Waals surface area contributed by atoms with Crippen LogP contribution in [0, 0.1) is 10.1 Å². The molecule has 0 saturated carbocycles. The topological polar surface area (TPSA) is 99.9 Å². The summed E-state index contributed by atoms with van der Waals surface area (Å²) in [5.41, 5.74) is 0.213. The summed E-state index contributed by atoms with van der Waals surface area (Å²) >= 11 is 0. The minimum atomic E-state index is -0.591. The van der Waals surface area contributed by atoms with Gasteiger partial charge in [0.15, 0.2) is 11.5 Å². The van der Waals surface area contributed by atoms with Crippen LogP contribution in [-0.4, -0.2) is 24.4 Å². The first-order chi connectivity index (χ1) is 8.65. The Kier molecular flexibility index (Phi) is 2.22. The highest BCUT2D eigenvalue weighted by atomic mass is 16.7. The van der Waals surface area contributed by atoms with Gasteiger partial charge in [-0.3, -0.25) is 10.1 Å². The van der Waals surface area contributed by atoms with Gasteiger partial charge in [-0.2, -0.15) is 0 Å². The minimum Gasteiger partial charge on any atom is -0.454 e. The molecule has 2 aliphatic rings. The second-order valence-electron chi connectivity index (χ2n) is 3.82. The van der Waals surface area contributed by atoms with E-state index in [1.165, 1.54) is 12.1 Å². The van der Waals surface area contributed by atoms with Crippen molar-refractivity contribution in [3.8, 4) is 11.5 Å². The minimum absolute atomic E-state index is 0.0312. The Morgan fingerprint density at radius 3 is 2.61 bits per heavy atom. The molecular formula is C10H8N2O6. The van der Waals surface area contributed by atoms with Crippen LogP contribution in [0.5, 0.6) is 11.5 Å². The number of hydrogen-bond acceptors (Lipinski definition) is 6. The van der Waals surface area contributed by atoms with Gasteiger partial charge in [-0.15, -0.1) is 0 Å². The van der Waals surface area contributed by atoms with Crippen molar-refractivity contribution >= 4 is 11.8 Å². The molecule has 2 heterocycles. The molecule has 1 saturated heterocycles. The summed E-state index contributed by atoms with van der Waals surface area (Å²) in [5.74, 6) is 0.757. The summed E-state index contributed by atoms with van der Waals surface area (Å²) < 4.78 is 15.0. The summed E-state index contributed by atoms with van der Waals surface area (Å²) in [6.45, 7) is 0.0861. The van der Waals surface area contributed by atoms with Crippen molar-refractivity contribution in [2.24, 2.45) is 0 Å². The first kappa shape index (κ1) is 10.6. The number of hydrogen-bond donors (Lipinski definition) is 1. The lowest BCUT2D eigenvalue weighted by Gasteiger charge is -2.09. The number of nitro groups is 1. The molecule has 1 amide bonds. The summed E-state index contributed by atoms with van der Waals surface area (Å²) in [7, 11) is 0. The quantitative estimate of drug-likeness (QED) is 0.625. The van der Waals surface area contributed by atoms with Gasteiger partial charge in [0.25, 0.3) is 5.69 Å². The predicted molar refractivity (Wildman–Crippen MR) is 56.4 cm³/mol. The zero-order valence-electron chi connectivity index (χ0n) is 9.04. The first-order valence-corrected chi connectivity index (χ1v) is 5.16. The normalized spacial score (nSPS) is 20.4. The first-order valence-electron chi connectivity index (χ1n) is 5.16. The van der Waals surface area contributed by atoms with Crippen LogP contribution in [0.4, 0.5) is 10.5 Å². The standard InChI is InChI=1S/C10H8N2O6/c13-10-11-6(3-16-10)5-1-8-9(18-4-17-8)2-7(5)12(14)15/h1-2,6H,3-4H2,(H,11,13)/t6-/m0/s1. The smallest absolute Gasteiger partial charge is 0.407 e. The van der Waals surface area contributed by atoms with E-state index >= 15 is 0 Å². The fraction of sp³-hybridized carbons (Fsp3) is 0.300. The molecule has 94 valence electrons. The van der Waals surface area contributed by atoms with Gasteiger partial charge < -0.3 is 19.5 Å². The van der Waals surface area contributed by atoms with Gasteiger partial charge >= 0.3 is 6.09 Å². The SMILES string of the molecule is O=C1N[C@H](c2cc3c(cc2[N+](=O)[O-])OCO3)CO1. The molecular weight excluding hydrogens is 244 g/mol. The van der Waals surface area contributed by atoms with Gasteiger partial charge in [0.1, 0.15) is 6.61 Å². The molecule has 0 aliphatic carbocycles. The third kappa shape index (κ3) is 1.58.